The largest absolute Gasteiger partial charge is 0.482 e. The van der Waals surface area contributed by atoms with Gasteiger partial charge in [0.25, 0.3) is 5.91 Å². The fourth-order valence-corrected chi connectivity index (χ4v) is 2.76. The lowest BCUT2D eigenvalue weighted by Gasteiger charge is -2.12. The normalized spacial score (nSPS) is 10.3. The summed E-state index contributed by atoms with van der Waals surface area (Å²) in [5.74, 6) is 0.316. The van der Waals surface area contributed by atoms with E-state index in [9.17, 15) is 4.79 Å². The molecule has 0 aliphatic rings. The van der Waals surface area contributed by atoms with Gasteiger partial charge >= 0.3 is 0 Å². The molecule has 0 spiro atoms. The molecule has 2 rings (SSSR count). The summed E-state index contributed by atoms with van der Waals surface area (Å²) in [6, 6.07) is 11.2. The van der Waals surface area contributed by atoms with Gasteiger partial charge in [-0.25, -0.2) is 0 Å². The molecule has 110 valence electrons. The Labute approximate surface area is 137 Å². The Morgan fingerprint density at radius 1 is 1.29 bits per heavy atom. The van der Waals surface area contributed by atoms with Crippen molar-refractivity contribution >= 4 is 39.1 Å². The van der Waals surface area contributed by atoms with Gasteiger partial charge in [0.2, 0.25) is 0 Å². The maximum Gasteiger partial charge on any atom is 0.262 e. The lowest BCUT2D eigenvalue weighted by Crippen LogP contribution is -2.20. The van der Waals surface area contributed by atoms with E-state index < -0.39 is 0 Å². The highest BCUT2D eigenvalue weighted by Gasteiger charge is 2.10. The van der Waals surface area contributed by atoms with Gasteiger partial charge in [-0.2, -0.15) is 0 Å². The molecule has 0 saturated heterocycles. The van der Waals surface area contributed by atoms with Crippen LogP contribution in [0.3, 0.4) is 0 Å². The standard InChI is InChI=1S/C16H15BrClNO2/c1-10-6-11(2)16(14(18)7-10)21-9-15(20)19-13-5-3-4-12(17)8-13/h3-8H,9H2,1-2H3,(H,19,20). The SMILES string of the molecule is Cc1cc(C)c(OCC(=O)Nc2cccc(Br)c2)c(Cl)c1. The minimum absolute atomic E-state index is 0.0872. The van der Waals surface area contributed by atoms with E-state index in [2.05, 4.69) is 21.2 Å². The number of anilines is 1. The first-order valence-electron chi connectivity index (χ1n) is 6.40. The monoisotopic (exact) mass is 367 g/mol. The zero-order chi connectivity index (χ0) is 15.4. The Balaban J connectivity index is 1.99. The lowest BCUT2D eigenvalue weighted by atomic mass is 10.1. The second-order valence-corrected chi connectivity index (χ2v) is 6.06. The van der Waals surface area contributed by atoms with Crippen LogP contribution in [0.4, 0.5) is 5.69 Å². The van der Waals surface area contributed by atoms with Gasteiger partial charge in [0.15, 0.2) is 6.61 Å². The first-order chi connectivity index (χ1) is 9.95. The Hall–Kier alpha value is -1.52. The molecule has 0 heterocycles. The number of carbonyl (C=O) groups excluding carboxylic acids is 1. The summed E-state index contributed by atoms with van der Waals surface area (Å²) in [5, 5.41) is 3.28. The molecular formula is C16H15BrClNO2. The van der Waals surface area contributed by atoms with Gasteiger partial charge in [0.1, 0.15) is 5.75 Å². The number of hydrogen-bond donors (Lipinski definition) is 1. The van der Waals surface area contributed by atoms with E-state index in [4.69, 9.17) is 16.3 Å². The van der Waals surface area contributed by atoms with Crippen LogP contribution in [-0.4, -0.2) is 12.5 Å². The van der Waals surface area contributed by atoms with Crippen molar-refractivity contribution in [2.45, 2.75) is 13.8 Å². The third kappa shape index (κ3) is 4.48. The summed E-state index contributed by atoms with van der Waals surface area (Å²) in [6.45, 7) is 3.78. The van der Waals surface area contributed by atoms with Crippen molar-refractivity contribution < 1.29 is 9.53 Å². The van der Waals surface area contributed by atoms with Crippen molar-refractivity contribution in [2.75, 3.05) is 11.9 Å². The Kier molecular flexibility index (Phi) is 5.26. The summed E-state index contributed by atoms with van der Waals surface area (Å²) in [6.07, 6.45) is 0. The van der Waals surface area contributed by atoms with Crippen molar-refractivity contribution in [1.82, 2.24) is 0 Å². The summed E-state index contributed by atoms with van der Waals surface area (Å²) in [4.78, 5) is 11.9. The number of carbonyl (C=O) groups is 1. The first-order valence-corrected chi connectivity index (χ1v) is 7.58. The number of ether oxygens (including phenoxy) is 1. The zero-order valence-corrected chi connectivity index (χ0v) is 14.1. The molecule has 0 aromatic heterocycles. The molecule has 0 bridgehead atoms. The average Bonchev–Trinajstić information content (AvgIpc) is 2.37. The first kappa shape index (κ1) is 15.9. The van der Waals surface area contributed by atoms with Gasteiger partial charge in [0.05, 0.1) is 5.02 Å². The molecule has 3 nitrogen and oxygen atoms in total. The third-order valence-electron chi connectivity index (χ3n) is 2.83. The summed E-state index contributed by atoms with van der Waals surface area (Å²) >= 11 is 9.49. The predicted molar refractivity (Wildman–Crippen MR) is 89.2 cm³/mol. The Morgan fingerprint density at radius 2 is 2.05 bits per heavy atom. The maximum absolute atomic E-state index is 11.9. The van der Waals surface area contributed by atoms with E-state index >= 15 is 0 Å². The van der Waals surface area contributed by atoms with E-state index in [-0.39, 0.29) is 12.5 Å². The van der Waals surface area contributed by atoms with Gasteiger partial charge < -0.3 is 10.1 Å². The fraction of sp³-hybridized carbons (Fsp3) is 0.188. The van der Waals surface area contributed by atoms with Gasteiger partial charge in [0, 0.05) is 10.2 Å². The molecule has 0 unspecified atom stereocenters. The van der Waals surface area contributed by atoms with E-state index in [1.165, 1.54) is 0 Å². The summed E-state index contributed by atoms with van der Waals surface area (Å²) in [7, 11) is 0. The quantitative estimate of drug-likeness (QED) is 0.846. The molecule has 0 radical (unpaired) electrons. The van der Waals surface area contributed by atoms with Crippen molar-refractivity contribution in [2.24, 2.45) is 0 Å². The Bertz CT molecular complexity index is 650. The molecule has 2 aromatic carbocycles. The Morgan fingerprint density at radius 3 is 2.71 bits per heavy atom. The number of aryl methyl sites for hydroxylation is 2. The van der Waals surface area contributed by atoms with Gasteiger partial charge in [-0.15, -0.1) is 0 Å². The second-order valence-electron chi connectivity index (χ2n) is 4.74. The van der Waals surface area contributed by atoms with Crippen LogP contribution in [0.15, 0.2) is 40.9 Å². The lowest BCUT2D eigenvalue weighted by molar-refractivity contribution is -0.118. The summed E-state index contributed by atoms with van der Waals surface area (Å²) in [5.41, 5.74) is 2.68. The molecule has 21 heavy (non-hydrogen) atoms. The highest BCUT2D eigenvalue weighted by molar-refractivity contribution is 9.10. The van der Waals surface area contributed by atoms with Crippen LogP contribution < -0.4 is 10.1 Å². The number of nitrogens with one attached hydrogen (secondary N) is 1. The van der Waals surface area contributed by atoms with Crippen LogP contribution in [0.1, 0.15) is 11.1 Å². The molecule has 5 heteroatoms. The molecular weight excluding hydrogens is 354 g/mol. The van der Waals surface area contributed by atoms with Gasteiger partial charge in [-0.05, 0) is 49.2 Å². The minimum Gasteiger partial charge on any atom is -0.482 e. The van der Waals surface area contributed by atoms with E-state index in [1.807, 2.05) is 50.2 Å². The predicted octanol–water partition coefficient (Wildman–Crippen LogP) is 4.74. The van der Waals surface area contributed by atoms with Gasteiger partial charge in [-0.1, -0.05) is 39.7 Å². The van der Waals surface area contributed by atoms with Crippen LogP contribution in [0, 0.1) is 13.8 Å². The molecule has 0 aliphatic carbocycles. The molecule has 0 fully saturated rings. The fourth-order valence-electron chi connectivity index (χ4n) is 1.99. The van der Waals surface area contributed by atoms with Crippen LogP contribution in [0.2, 0.25) is 5.02 Å². The highest BCUT2D eigenvalue weighted by atomic mass is 79.9. The molecule has 1 N–H and O–H groups in total. The number of amides is 1. The molecule has 0 aliphatic heterocycles. The van der Waals surface area contributed by atoms with Crippen LogP contribution in [-0.2, 0) is 4.79 Å². The number of hydrogen-bond acceptors (Lipinski definition) is 2. The van der Waals surface area contributed by atoms with Crippen LogP contribution in [0.5, 0.6) is 5.75 Å². The van der Waals surface area contributed by atoms with Crippen molar-refractivity contribution in [3.8, 4) is 5.75 Å². The number of rotatable bonds is 4. The number of halogens is 2. The van der Waals surface area contributed by atoms with E-state index in [0.717, 1.165) is 15.6 Å². The minimum atomic E-state index is -0.232. The maximum atomic E-state index is 11.9. The average molecular weight is 369 g/mol. The third-order valence-corrected chi connectivity index (χ3v) is 3.60. The van der Waals surface area contributed by atoms with E-state index in [1.54, 1.807) is 0 Å². The molecule has 2 aromatic rings. The van der Waals surface area contributed by atoms with Crippen molar-refractivity contribution in [1.29, 1.82) is 0 Å². The number of benzene rings is 2. The molecule has 1 amide bonds. The summed E-state index contributed by atoms with van der Waals surface area (Å²) < 4.78 is 6.43. The van der Waals surface area contributed by atoms with Crippen LogP contribution >= 0.6 is 27.5 Å². The molecule has 0 atom stereocenters. The van der Waals surface area contributed by atoms with Gasteiger partial charge in [-0.3, -0.25) is 4.79 Å². The second kappa shape index (κ2) is 6.96. The zero-order valence-electron chi connectivity index (χ0n) is 11.7. The van der Waals surface area contributed by atoms with Crippen molar-refractivity contribution in [3.05, 3.63) is 57.0 Å². The molecule has 0 saturated carbocycles. The van der Waals surface area contributed by atoms with Crippen molar-refractivity contribution in [3.63, 3.8) is 0 Å². The van der Waals surface area contributed by atoms with Crippen LogP contribution in [0.25, 0.3) is 0 Å². The smallest absolute Gasteiger partial charge is 0.262 e. The van der Waals surface area contributed by atoms with E-state index in [0.29, 0.717) is 16.5 Å². The topological polar surface area (TPSA) is 38.3 Å². The highest BCUT2D eigenvalue weighted by Crippen LogP contribution is 2.29.